The maximum absolute atomic E-state index is 12.7. The van der Waals surface area contributed by atoms with Crippen molar-refractivity contribution in [3.63, 3.8) is 0 Å². The summed E-state index contributed by atoms with van der Waals surface area (Å²) < 4.78 is 15.7. The highest BCUT2D eigenvalue weighted by molar-refractivity contribution is 6.03. The smallest absolute Gasteiger partial charge is 0.344 e. The molecule has 0 aliphatic heterocycles. The molecule has 0 bridgehead atoms. The predicted molar refractivity (Wildman–Crippen MR) is 112 cm³/mol. The fourth-order valence-electron chi connectivity index (χ4n) is 3.27. The first kappa shape index (κ1) is 23.2. The van der Waals surface area contributed by atoms with Gasteiger partial charge in [0.1, 0.15) is 5.75 Å². The first-order valence-corrected chi connectivity index (χ1v) is 9.81. The van der Waals surface area contributed by atoms with Crippen molar-refractivity contribution in [2.45, 2.75) is 53.6 Å². The Hall–Kier alpha value is -3.09. The third-order valence-corrected chi connectivity index (χ3v) is 4.89. The van der Waals surface area contributed by atoms with Gasteiger partial charge in [0.05, 0.1) is 18.4 Å². The van der Waals surface area contributed by atoms with Gasteiger partial charge in [-0.05, 0) is 56.4 Å². The molecule has 0 saturated carbocycles. The molecule has 0 amide bonds. The lowest BCUT2D eigenvalue weighted by Gasteiger charge is -2.16. The van der Waals surface area contributed by atoms with Crippen LogP contribution < -0.4 is 4.74 Å². The molecule has 0 radical (unpaired) electrons. The van der Waals surface area contributed by atoms with Gasteiger partial charge >= 0.3 is 11.9 Å². The molecule has 0 spiro atoms. The number of Topliss-reactive ketones (excluding diaryl/α,β-unsaturated/α-hetero) is 1. The minimum Gasteiger partial charge on any atom is -0.482 e. The fraction of sp³-hybridized carbons (Fsp3) is 0.435. The van der Waals surface area contributed by atoms with Crippen molar-refractivity contribution < 1.29 is 28.6 Å². The topological polar surface area (TPSA) is 94.7 Å². The van der Waals surface area contributed by atoms with Crippen LogP contribution in [0.3, 0.4) is 0 Å². The number of ether oxygens (including phenoxy) is 3. The molecule has 0 aliphatic carbocycles. The molecule has 1 N–H and O–H groups in total. The molecule has 30 heavy (non-hydrogen) atoms. The van der Waals surface area contributed by atoms with Crippen molar-refractivity contribution in [2.75, 3.05) is 13.7 Å². The van der Waals surface area contributed by atoms with Crippen LogP contribution in [0.25, 0.3) is 0 Å². The number of carbonyl (C=O) groups is 3. The highest BCUT2D eigenvalue weighted by atomic mass is 16.6. The molecular weight excluding hydrogens is 386 g/mol. The lowest BCUT2D eigenvalue weighted by atomic mass is 10.0. The van der Waals surface area contributed by atoms with Crippen molar-refractivity contribution in [3.05, 3.63) is 51.8 Å². The monoisotopic (exact) mass is 415 g/mol. The number of aromatic nitrogens is 1. The molecule has 162 valence electrons. The van der Waals surface area contributed by atoms with Crippen molar-refractivity contribution in [2.24, 2.45) is 0 Å². The average Bonchev–Trinajstić information content (AvgIpc) is 2.98. The van der Waals surface area contributed by atoms with E-state index in [-0.39, 0.29) is 18.2 Å². The molecule has 0 aliphatic rings. The molecule has 7 nitrogen and oxygen atoms in total. The standard InChI is InChI=1S/C23H29NO6/c1-12(2)17-9-8-13(3)10-18(17)29-11-19(25)30-16(6)22(26)21-14(4)20(15(5)24-21)23(27)28-7/h8-10,12,16,24H,11H2,1-7H3/t16-/m0/s1. The SMILES string of the molecule is COC(=O)c1c(C)[nH]c(C(=O)[C@H](C)OC(=O)COc2cc(C)ccc2C(C)C)c1C. The Morgan fingerprint density at radius 2 is 1.73 bits per heavy atom. The number of carbonyl (C=O) groups excluding carboxylic acids is 3. The van der Waals surface area contributed by atoms with Gasteiger partial charge in [-0.1, -0.05) is 26.0 Å². The number of nitrogens with one attached hydrogen (secondary N) is 1. The van der Waals surface area contributed by atoms with E-state index in [9.17, 15) is 14.4 Å². The quantitative estimate of drug-likeness (QED) is 0.516. The van der Waals surface area contributed by atoms with Gasteiger partial charge in [-0.3, -0.25) is 4.79 Å². The van der Waals surface area contributed by atoms with Crippen molar-refractivity contribution >= 4 is 17.7 Å². The van der Waals surface area contributed by atoms with E-state index in [2.05, 4.69) is 4.98 Å². The van der Waals surface area contributed by atoms with Gasteiger partial charge in [-0.2, -0.15) is 0 Å². The van der Waals surface area contributed by atoms with Crippen molar-refractivity contribution in [1.29, 1.82) is 0 Å². The zero-order valence-electron chi connectivity index (χ0n) is 18.5. The highest BCUT2D eigenvalue weighted by Gasteiger charge is 2.27. The molecule has 1 aromatic heterocycles. The Kier molecular flexibility index (Phi) is 7.43. The second-order valence-electron chi connectivity index (χ2n) is 7.60. The van der Waals surface area contributed by atoms with Crippen LogP contribution >= 0.6 is 0 Å². The van der Waals surface area contributed by atoms with Crippen LogP contribution in [0.4, 0.5) is 0 Å². The molecule has 1 atom stereocenters. The van der Waals surface area contributed by atoms with Crippen molar-refractivity contribution in [3.8, 4) is 5.75 Å². The fourth-order valence-corrected chi connectivity index (χ4v) is 3.27. The summed E-state index contributed by atoms with van der Waals surface area (Å²) in [5.74, 6) is -0.754. The van der Waals surface area contributed by atoms with E-state index in [1.165, 1.54) is 14.0 Å². The number of methoxy groups -OCH3 is 1. The van der Waals surface area contributed by atoms with Gasteiger partial charge in [-0.15, -0.1) is 0 Å². The zero-order chi connectivity index (χ0) is 22.6. The van der Waals surface area contributed by atoms with Crippen LogP contribution in [0, 0.1) is 20.8 Å². The van der Waals surface area contributed by atoms with Gasteiger partial charge in [0, 0.05) is 5.69 Å². The lowest BCUT2D eigenvalue weighted by molar-refractivity contribution is -0.148. The molecule has 7 heteroatoms. The Morgan fingerprint density at radius 3 is 2.33 bits per heavy atom. The highest BCUT2D eigenvalue weighted by Crippen LogP contribution is 2.27. The Morgan fingerprint density at radius 1 is 1.07 bits per heavy atom. The predicted octanol–water partition coefficient (Wildman–Crippen LogP) is 4.04. The Balaban J connectivity index is 2.06. The van der Waals surface area contributed by atoms with Crippen LogP contribution in [0.1, 0.15) is 69.9 Å². The normalized spacial score (nSPS) is 11.9. The zero-order valence-corrected chi connectivity index (χ0v) is 18.5. The van der Waals surface area contributed by atoms with Gasteiger partial charge in [-0.25, -0.2) is 9.59 Å². The summed E-state index contributed by atoms with van der Waals surface area (Å²) >= 11 is 0. The van der Waals surface area contributed by atoms with Crippen LogP contribution in [-0.4, -0.2) is 42.5 Å². The first-order valence-electron chi connectivity index (χ1n) is 9.81. The number of aryl methyl sites for hydroxylation is 2. The molecule has 2 rings (SSSR count). The molecule has 2 aromatic rings. The van der Waals surface area contributed by atoms with E-state index in [0.717, 1.165) is 11.1 Å². The molecule has 0 saturated heterocycles. The summed E-state index contributed by atoms with van der Waals surface area (Å²) in [5.41, 5.74) is 3.52. The van der Waals surface area contributed by atoms with Crippen molar-refractivity contribution in [1.82, 2.24) is 4.98 Å². The maximum atomic E-state index is 12.7. The van der Waals surface area contributed by atoms with Gasteiger partial charge in [0.15, 0.2) is 12.7 Å². The van der Waals surface area contributed by atoms with Gasteiger partial charge in [0.2, 0.25) is 5.78 Å². The molecular formula is C23H29NO6. The summed E-state index contributed by atoms with van der Waals surface area (Å²) in [6, 6.07) is 5.84. The minimum atomic E-state index is -1.04. The summed E-state index contributed by atoms with van der Waals surface area (Å²) in [6.07, 6.45) is -1.04. The van der Waals surface area contributed by atoms with E-state index < -0.39 is 23.8 Å². The number of H-pyrrole nitrogens is 1. The first-order chi connectivity index (χ1) is 14.1. The summed E-state index contributed by atoms with van der Waals surface area (Å²) in [5, 5.41) is 0. The number of rotatable bonds is 8. The van der Waals surface area contributed by atoms with Crippen LogP contribution in [0.5, 0.6) is 5.75 Å². The Bertz CT molecular complexity index is 957. The summed E-state index contributed by atoms with van der Waals surface area (Å²) in [6.45, 7) is 10.5. The third-order valence-electron chi connectivity index (χ3n) is 4.89. The van der Waals surface area contributed by atoms with E-state index in [1.807, 2.05) is 39.0 Å². The van der Waals surface area contributed by atoms with E-state index in [0.29, 0.717) is 22.6 Å². The second-order valence-corrected chi connectivity index (χ2v) is 7.60. The minimum absolute atomic E-state index is 0.217. The number of ketones is 1. The molecule has 1 heterocycles. The van der Waals surface area contributed by atoms with Crippen LogP contribution in [-0.2, 0) is 14.3 Å². The third kappa shape index (κ3) is 5.09. The molecule has 0 unspecified atom stereocenters. The number of esters is 2. The van der Waals surface area contributed by atoms with Crippen LogP contribution in [0.2, 0.25) is 0 Å². The van der Waals surface area contributed by atoms with Gasteiger partial charge in [0.25, 0.3) is 0 Å². The van der Waals surface area contributed by atoms with E-state index in [1.54, 1.807) is 13.8 Å². The van der Waals surface area contributed by atoms with Crippen LogP contribution in [0.15, 0.2) is 18.2 Å². The number of aromatic amines is 1. The van der Waals surface area contributed by atoms with E-state index >= 15 is 0 Å². The van der Waals surface area contributed by atoms with Gasteiger partial charge < -0.3 is 19.2 Å². The number of hydrogen-bond acceptors (Lipinski definition) is 6. The lowest BCUT2D eigenvalue weighted by Crippen LogP contribution is -2.28. The number of benzene rings is 1. The Labute approximate surface area is 176 Å². The molecule has 0 fully saturated rings. The van der Waals surface area contributed by atoms with E-state index in [4.69, 9.17) is 14.2 Å². The second kappa shape index (κ2) is 9.61. The largest absolute Gasteiger partial charge is 0.482 e. The molecule has 1 aromatic carbocycles. The summed E-state index contributed by atoms with van der Waals surface area (Å²) in [7, 11) is 1.28. The maximum Gasteiger partial charge on any atom is 0.344 e. The average molecular weight is 415 g/mol. The number of hydrogen-bond donors (Lipinski definition) is 1. The summed E-state index contributed by atoms with van der Waals surface area (Å²) in [4.78, 5) is 39.8.